The SMILES string of the molecule is CCCCCSC(CC)C(=O)c1ccccc1. The molecule has 1 atom stereocenters. The van der Waals surface area contributed by atoms with Gasteiger partial charge in [-0.15, -0.1) is 0 Å². The molecule has 0 spiro atoms. The average Bonchev–Trinajstić information content (AvgIpc) is 2.39. The molecule has 94 valence electrons. The van der Waals surface area contributed by atoms with Gasteiger partial charge in [-0.25, -0.2) is 0 Å². The van der Waals surface area contributed by atoms with Crippen molar-refractivity contribution in [2.75, 3.05) is 5.75 Å². The molecule has 0 radical (unpaired) electrons. The lowest BCUT2D eigenvalue weighted by Crippen LogP contribution is -2.17. The Kier molecular flexibility index (Phi) is 7.02. The predicted octanol–water partition coefficient (Wildman–Crippen LogP) is 4.57. The second-order valence-corrected chi connectivity index (χ2v) is 5.52. The number of ketones is 1. The molecule has 0 aliphatic rings. The van der Waals surface area contributed by atoms with Crippen molar-refractivity contribution in [1.29, 1.82) is 0 Å². The van der Waals surface area contributed by atoms with Gasteiger partial charge in [-0.05, 0) is 18.6 Å². The van der Waals surface area contributed by atoms with Crippen LogP contribution in [0.2, 0.25) is 0 Å². The number of carbonyl (C=O) groups is 1. The molecule has 0 aromatic heterocycles. The zero-order valence-electron chi connectivity index (χ0n) is 10.8. The van der Waals surface area contributed by atoms with E-state index < -0.39 is 0 Å². The molecule has 0 aliphatic carbocycles. The summed E-state index contributed by atoms with van der Waals surface area (Å²) < 4.78 is 0. The van der Waals surface area contributed by atoms with E-state index in [-0.39, 0.29) is 11.0 Å². The summed E-state index contributed by atoms with van der Waals surface area (Å²) in [6, 6.07) is 9.64. The van der Waals surface area contributed by atoms with Gasteiger partial charge in [0.1, 0.15) is 0 Å². The maximum Gasteiger partial charge on any atom is 0.175 e. The van der Waals surface area contributed by atoms with E-state index in [4.69, 9.17) is 0 Å². The third-order valence-electron chi connectivity index (χ3n) is 2.79. The second kappa shape index (κ2) is 8.35. The third kappa shape index (κ3) is 4.95. The van der Waals surface area contributed by atoms with E-state index in [0.717, 1.165) is 17.7 Å². The van der Waals surface area contributed by atoms with Crippen LogP contribution in [0.25, 0.3) is 0 Å². The summed E-state index contributed by atoms with van der Waals surface area (Å²) in [6.45, 7) is 4.30. The highest BCUT2D eigenvalue weighted by Gasteiger charge is 2.17. The average molecular weight is 250 g/mol. The van der Waals surface area contributed by atoms with Gasteiger partial charge in [0.2, 0.25) is 0 Å². The summed E-state index contributed by atoms with van der Waals surface area (Å²) in [5, 5.41) is 0.134. The van der Waals surface area contributed by atoms with E-state index in [9.17, 15) is 4.79 Å². The summed E-state index contributed by atoms with van der Waals surface area (Å²) in [4.78, 5) is 12.2. The molecule has 1 unspecified atom stereocenters. The number of unbranched alkanes of at least 4 members (excludes halogenated alkanes) is 2. The zero-order valence-corrected chi connectivity index (χ0v) is 11.6. The molecule has 2 heteroatoms. The third-order valence-corrected chi connectivity index (χ3v) is 4.26. The first kappa shape index (κ1) is 14.3. The van der Waals surface area contributed by atoms with Crippen molar-refractivity contribution in [2.45, 2.75) is 44.8 Å². The second-order valence-electron chi connectivity index (χ2n) is 4.21. The van der Waals surface area contributed by atoms with E-state index in [2.05, 4.69) is 13.8 Å². The number of benzene rings is 1. The molecule has 0 amide bonds. The van der Waals surface area contributed by atoms with Crippen LogP contribution in [0.1, 0.15) is 49.9 Å². The van der Waals surface area contributed by atoms with Crippen LogP contribution in [0.3, 0.4) is 0 Å². The van der Waals surface area contributed by atoms with Gasteiger partial charge in [0.25, 0.3) is 0 Å². The van der Waals surface area contributed by atoms with E-state index in [1.165, 1.54) is 19.3 Å². The fourth-order valence-electron chi connectivity index (χ4n) is 1.74. The van der Waals surface area contributed by atoms with Crippen LogP contribution >= 0.6 is 11.8 Å². The number of rotatable bonds is 8. The fraction of sp³-hybridized carbons (Fsp3) is 0.533. The van der Waals surface area contributed by atoms with Crippen LogP contribution in [0.4, 0.5) is 0 Å². The lowest BCUT2D eigenvalue weighted by molar-refractivity contribution is 0.0988. The first-order valence-corrected chi connectivity index (χ1v) is 7.55. The summed E-state index contributed by atoms with van der Waals surface area (Å²) in [5.41, 5.74) is 0.849. The fourth-order valence-corrected chi connectivity index (χ4v) is 2.92. The van der Waals surface area contributed by atoms with Gasteiger partial charge < -0.3 is 0 Å². The lowest BCUT2D eigenvalue weighted by Gasteiger charge is -2.13. The summed E-state index contributed by atoms with van der Waals surface area (Å²) in [7, 11) is 0. The monoisotopic (exact) mass is 250 g/mol. The number of Topliss-reactive ketones (excluding diaryl/α,β-unsaturated/α-hetero) is 1. The molecule has 0 aliphatic heterocycles. The summed E-state index contributed by atoms with van der Waals surface area (Å²) in [6.07, 6.45) is 4.65. The number of hydrogen-bond acceptors (Lipinski definition) is 2. The number of carbonyl (C=O) groups excluding carboxylic acids is 1. The number of hydrogen-bond donors (Lipinski definition) is 0. The van der Waals surface area contributed by atoms with Gasteiger partial charge in [-0.3, -0.25) is 4.79 Å². The van der Waals surface area contributed by atoms with Crippen LogP contribution in [0.5, 0.6) is 0 Å². The van der Waals surface area contributed by atoms with Crippen molar-refractivity contribution in [2.24, 2.45) is 0 Å². The molecular weight excluding hydrogens is 228 g/mol. The van der Waals surface area contributed by atoms with E-state index in [0.29, 0.717) is 0 Å². The molecule has 0 saturated carbocycles. The Hall–Kier alpha value is -0.760. The Morgan fingerprint density at radius 3 is 2.47 bits per heavy atom. The van der Waals surface area contributed by atoms with Crippen molar-refractivity contribution in [3.05, 3.63) is 35.9 Å². The molecule has 0 N–H and O–H groups in total. The van der Waals surface area contributed by atoms with Crippen LogP contribution in [-0.4, -0.2) is 16.8 Å². The molecular formula is C15H22OS. The van der Waals surface area contributed by atoms with Crippen LogP contribution in [0.15, 0.2) is 30.3 Å². The van der Waals surface area contributed by atoms with Crippen LogP contribution in [-0.2, 0) is 0 Å². The van der Waals surface area contributed by atoms with E-state index in [1.54, 1.807) is 0 Å². The lowest BCUT2D eigenvalue weighted by atomic mass is 10.1. The molecule has 0 fully saturated rings. The molecule has 1 nitrogen and oxygen atoms in total. The Morgan fingerprint density at radius 1 is 1.18 bits per heavy atom. The minimum Gasteiger partial charge on any atom is -0.293 e. The molecule has 0 bridgehead atoms. The van der Waals surface area contributed by atoms with Gasteiger partial charge in [-0.1, -0.05) is 57.0 Å². The van der Waals surface area contributed by atoms with Crippen molar-refractivity contribution < 1.29 is 4.79 Å². The Balaban J connectivity index is 2.47. The van der Waals surface area contributed by atoms with Gasteiger partial charge in [0, 0.05) is 5.56 Å². The largest absolute Gasteiger partial charge is 0.293 e. The maximum absolute atomic E-state index is 12.2. The smallest absolute Gasteiger partial charge is 0.175 e. The molecule has 0 heterocycles. The first-order valence-electron chi connectivity index (χ1n) is 6.50. The summed E-state index contributed by atoms with van der Waals surface area (Å²) >= 11 is 1.81. The standard InChI is InChI=1S/C15H22OS/c1-3-5-9-12-17-14(4-2)15(16)13-10-7-6-8-11-13/h6-8,10-11,14H,3-5,9,12H2,1-2H3. The molecule has 17 heavy (non-hydrogen) atoms. The van der Waals surface area contributed by atoms with Crippen LogP contribution < -0.4 is 0 Å². The van der Waals surface area contributed by atoms with Crippen molar-refractivity contribution in [3.8, 4) is 0 Å². The molecule has 0 saturated heterocycles. The normalized spacial score (nSPS) is 12.4. The van der Waals surface area contributed by atoms with Gasteiger partial charge in [0.15, 0.2) is 5.78 Å². The topological polar surface area (TPSA) is 17.1 Å². The van der Waals surface area contributed by atoms with Gasteiger partial charge in [-0.2, -0.15) is 11.8 Å². The van der Waals surface area contributed by atoms with Crippen molar-refractivity contribution in [1.82, 2.24) is 0 Å². The van der Waals surface area contributed by atoms with Gasteiger partial charge in [0.05, 0.1) is 5.25 Å². The molecule has 1 rings (SSSR count). The van der Waals surface area contributed by atoms with Crippen molar-refractivity contribution >= 4 is 17.5 Å². The summed E-state index contributed by atoms with van der Waals surface area (Å²) in [5.74, 6) is 1.39. The number of thioether (sulfide) groups is 1. The van der Waals surface area contributed by atoms with Gasteiger partial charge >= 0.3 is 0 Å². The highest BCUT2D eigenvalue weighted by atomic mass is 32.2. The Morgan fingerprint density at radius 2 is 1.88 bits per heavy atom. The zero-order chi connectivity index (χ0) is 12.5. The molecule has 1 aromatic carbocycles. The predicted molar refractivity (Wildman–Crippen MR) is 76.8 cm³/mol. The quantitative estimate of drug-likeness (QED) is 0.496. The van der Waals surface area contributed by atoms with Crippen molar-refractivity contribution in [3.63, 3.8) is 0 Å². The van der Waals surface area contributed by atoms with E-state index >= 15 is 0 Å². The Bertz CT molecular complexity index is 321. The first-order chi connectivity index (χ1) is 8.29. The maximum atomic E-state index is 12.2. The Labute approximate surface area is 109 Å². The molecule has 1 aromatic rings. The van der Waals surface area contributed by atoms with Crippen LogP contribution in [0, 0.1) is 0 Å². The minimum atomic E-state index is 0.134. The minimum absolute atomic E-state index is 0.134. The highest BCUT2D eigenvalue weighted by molar-refractivity contribution is 8.00. The van der Waals surface area contributed by atoms with E-state index in [1.807, 2.05) is 42.1 Å². The highest BCUT2D eigenvalue weighted by Crippen LogP contribution is 2.21.